The highest BCUT2D eigenvalue weighted by Gasteiger charge is 2.32. The smallest absolute Gasteiger partial charge is 0.226 e. The Hall–Kier alpha value is -3.46. The number of phenols is 2. The molecule has 6 heteroatoms. The number of amides is 1. The number of aromatic hydroxyl groups is 2. The Morgan fingerprint density at radius 1 is 0.800 bits per heavy atom. The second kappa shape index (κ2) is 17.3. The Bertz CT molecular complexity index is 1130. The number of allylic oxidation sites excluding steroid dienone is 1. The Balaban J connectivity index is 1.39. The molecule has 0 saturated carbocycles. The first-order valence-corrected chi connectivity index (χ1v) is 15.3. The Morgan fingerprint density at radius 2 is 1.32 bits per heavy atom. The predicted octanol–water partition coefficient (Wildman–Crippen LogP) is 8.73. The summed E-state index contributed by atoms with van der Waals surface area (Å²) in [5.41, 5.74) is 1.77. The minimum atomic E-state index is -0.490. The maximum atomic E-state index is 12.8. The molecule has 0 radical (unpaired) electrons. The van der Waals surface area contributed by atoms with Gasteiger partial charge in [0.2, 0.25) is 11.8 Å². The molecule has 0 aliphatic carbocycles. The largest absolute Gasteiger partial charge is 0.508 e. The fraction of sp³-hybridized carbons (Fsp3) is 0.529. The summed E-state index contributed by atoms with van der Waals surface area (Å²) >= 11 is 0. The Morgan fingerprint density at radius 3 is 1.88 bits per heavy atom. The number of nitrogens with one attached hydrogen (secondary N) is 1. The van der Waals surface area contributed by atoms with Crippen LogP contribution in [0.4, 0.5) is 0 Å². The van der Waals surface area contributed by atoms with Gasteiger partial charge in [-0.2, -0.15) is 5.26 Å². The number of rotatable bonds is 18. The van der Waals surface area contributed by atoms with E-state index in [1.165, 1.54) is 83.1 Å². The number of nitrogens with zero attached hydrogens (tertiary/aromatic N) is 1. The molecule has 216 valence electrons. The zero-order chi connectivity index (χ0) is 28.6. The molecule has 2 aromatic carbocycles. The van der Waals surface area contributed by atoms with Crippen LogP contribution < -0.4 is 10.1 Å². The highest BCUT2D eigenvalue weighted by Crippen LogP contribution is 2.44. The minimum Gasteiger partial charge on any atom is -0.508 e. The molecular weight excluding hydrogens is 500 g/mol. The fourth-order valence-corrected chi connectivity index (χ4v) is 5.37. The van der Waals surface area contributed by atoms with E-state index in [1.54, 1.807) is 36.4 Å². The Labute approximate surface area is 240 Å². The summed E-state index contributed by atoms with van der Waals surface area (Å²) in [6.45, 7) is 2.26. The van der Waals surface area contributed by atoms with Gasteiger partial charge in [-0.15, -0.1) is 0 Å². The van der Waals surface area contributed by atoms with E-state index in [4.69, 9.17) is 4.74 Å². The summed E-state index contributed by atoms with van der Waals surface area (Å²) < 4.78 is 5.91. The average Bonchev–Trinajstić information content (AvgIpc) is 2.94. The molecule has 6 nitrogen and oxygen atoms in total. The lowest BCUT2D eigenvalue weighted by molar-refractivity contribution is -0.121. The SMILES string of the molecule is CCCCCCCCCCCCCCCCCC(=O)NC1=C(C#N)C(c2ccc(O)cc2)c2ccc(O)cc2O1. The molecular formula is C34H46N2O4. The van der Waals surface area contributed by atoms with Crippen LogP contribution in [0.15, 0.2) is 53.9 Å². The monoisotopic (exact) mass is 546 g/mol. The number of phenolic OH excluding ortho intramolecular Hbond substituents is 2. The first-order valence-electron chi connectivity index (χ1n) is 15.3. The third-order valence-electron chi connectivity index (χ3n) is 7.66. The van der Waals surface area contributed by atoms with Crippen LogP contribution in [0.1, 0.15) is 127 Å². The van der Waals surface area contributed by atoms with Crippen LogP contribution in [-0.4, -0.2) is 16.1 Å². The zero-order valence-corrected chi connectivity index (χ0v) is 24.1. The summed E-state index contributed by atoms with van der Waals surface area (Å²) in [5, 5.41) is 32.5. The average molecular weight is 547 g/mol. The number of ether oxygens (including phenoxy) is 1. The molecule has 1 heterocycles. The van der Waals surface area contributed by atoms with E-state index >= 15 is 0 Å². The number of hydrogen-bond donors (Lipinski definition) is 3. The van der Waals surface area contributed by atoms with Crippen LogP contribution in [0.25, 0.3) is 0 Å². The van der Waals surface area contributed by atoms with Crippen molar-refractivity contribution in [3.8, 4) is 23.3 Å². The molecule has 0 saturated heterocycles. The molecule has 2 aromatic rings. The maximum Gasteiger partial charge on any atom is 0.226 e. The highest BCUT2D eigenvalue weighted by atomic mass is 16.5. The number of unbranched alkanes of at least 4 members (excludes halogenated alkanes) is 14. The van der Waals surface area contributed by atoms with Gasteiger partial charge in [0.1, 0.15) is 28.9 Å². The minimum absolute atomic E-state index is 0.0343. The number of carbonyl (C=O) groups excluding carboxylic acids is 1. The second-order valence-electron chi connectivity index (χ2n) is 11.0. The number of fused-ring (bicyclic) bond motifs is 1. The van der Waals surface area contributed by atoms with E-state index in [2.05, 4.69) is 18.3 Å². The van der Waals surface area contributed by atoms with Gasteiger partial charge in [-0.05, 0) is 30.2 Å². The van der Waals surface area contributed by atoms with Crippen LogP contribution in [0, 0.1) is 11.3 Å². The molecule has 0 aromatic heterocycles. The second-order valence-corrected chi connectivity index (χ2v) is 11.0. The van der Waals surface area contributed by atoms with Crippen molar-refractivity contribution in [3.63, 3.8) is 0 Å². The number of carbonyl (C=O) groups is 1. The van der Waals surface area contributed by atoms with Crippen molar-refractivity contribution in [2.24, 2.45) is 0 Å². The van der Waals surface area contributed by atoms with Gasteiger partial charge in [-0.1, -0.05) is 115 Å². The van der Waals surface area contributed by atoms with Crippen LogP contribution in [-0.2, 0) is 4.79 Å². The highest BCUT2D eigenvalue weighted by molar-refractivity contribution is 5.78. The summed E-state index contributed by atoms with van der Waals surface area (Å²) in [6, 6.07) is 13.6. The lowest BCUT2D eigenvalue weighted by atomic mass is 9.83. The number of hydrogen-bond acceptors (Lipinski definition) is 5. The fourth-order valence-electron chi connectivity index (χ4n) is 5.37. The van der Waals surface area contributed by atoms with Crippen LogP contribution >= 0.6 is 0 Å². The zero-order valence-electron chi connectivity index (χ0n) is 24.1. The van der Waals surface area contributed by atoms with Gasteiger partial charge in [0, 0.05) is 18.1 Å². The van der Waals surface area contributed by atoms with Gasteiger partial charge in [-0.3, -0.25) is 10.1 Å². The summed E-state index contributed by atoms with van der Waals surface area (Å²) in [5.74, 6) is -0.0288. The molecule has 0 fully saturated rings. The maximum absolute atomic E-state index is 12.8. The van der Waals surface area contributed by atoms with Crippen LogP contribution in [0.5, 0.6) is 17.2 Å². The van der Waals surface area contributed by atoms with Crippen molar-refractivity contribution >= 4 is 5.91 Å². The first-order chi connectivity index (χ1) is 19.5. The van der Waals surface area contributed by atoms with Crippen molar-refractivity contribution in [1.29, 1.82) is 5.26 Å². The molecule has 1 atom stereocenters. The van der Waals surface area contributed by atoms with Gasteiger partial charge in [0.05, 0.1) is 5.92 Å². The first kappa shape index (κ1) is 31.1. The molecule has 1 amide bonds. The predicted molar refractivity (Wildman–Crippen MR) is 159 cm³/mol. The topological polar surface area (TPSA) is 103 Å². The van der Waals surface area contributed by atoms with E-state index < -0.39 is 5.92 Å². The standard InChI is InChI=1S/C34H46N2O4/c1-2-3-4-5-6-7-8-9-10-11-12-13-14-15-16-17-32(39)36-34-30(25-35)33(26-18-20-27(37)21-19-26)29-23-22-28(38)24-31(29)40-34/h18-24,33,37-38H,2-17H2,1H3,(H,36,39). The molecule has 3 rings (SSSR count). The lowest BCUT2D eigenvalue weighted by Crippen LogP contribution is -2.30. The van der Waals surface area contributed by atoms with Gasteiger partial charge in [0.15, 0.2) is 0 Å². The van der Waals surface area contributed by atoms with Gasteiger partial charge >= 0.3 is 0 Å². The quantitative estimate of drug-likeness (QED) is 0.162. The summed E-state index contributed by atoms with van der Waals surface area (Å²) in [4.78, 5) is 12.8. The third-order valence-corrected chi connectivity index (χ3v) is 7.66. The molecule has 0 spiro atoms. The van der Waals surface area contributed by atoms with Crippen molar-refractivity contribution in [1.82, 2.24) is 5.32 Å². The molecule has 1 unspecified atom stereocenters. The molecule has 0 bridgehead atoms. The lowest BCUT2D eigenvalue weighted by Gasteiger charge is -2.28. The van der Waals surface area contributed by atoms with Crippen molar-refractivity contribution in [2.75, 3.05) is 0 Å². The summed E-state index contributed by atoms with van der Waals surface area (Å²) in [7, 11) is 0. The summed E-state index contributed by atoms with van der Waals surface area (Å²) in [6.07, 6.45) is 19.4. The third kappa shape index (κ3) is 9.93. The molecule has 1 aliphatic heterocycles. The van der Waals surface area contributed by atoms with E-state index in [-0.39, 0.29) is 28.9 Å². The van der Waals surface area contributed by atoms with E-state index in [0.29, 0.717) is 17.7 Å². The van der Waals surface area contributed by atoms with E-state index in [9.17, 15) is 20.3 Å². The van der Waals surface area contributed by atoms with Gasteiger partial charge in [0.25, 0.3) is 0 Å². The normalized spacial score (nSPS) is 14.3. The number of nitriles is 1. The molecule has 1 aliphatic rings. The van der Waals surface area contributed by atoms with Crippen molar-refractivity contribution in [3.05, 3.63) is 65.0 Å². The van der Waals surface area contributed by atoms with Crippen molar-refractivity contribution in [2.45, 2.75) is 116 Å². The van der Waals surface area contributed by atoms with Crippen LogP contribution in [0.3, 0.4) is 0 Å². The van der Waals surface area contributed by atoms with Crippen molar-refractivity contribution < 1.29 is 19.7 Å². The molecule has 40 heavy (non-hydrogen) atoms. The van der Waals surface area contributed by atoms with E-state index in [1.807, 2.05) is 0 Å². The number of benzene rings is 2. The van der Waals surface area contributed by atoms with E-state index in [0.717, 1.165) is 24.8 Å². The van der Waals surface area contributed by atoms with Gasteiger partial charge < -0.3 is 14.9 Å². The molecule has 3 N–H and O–H groups in total. The van der Waals surface area contributed by atoms with Crippen LogP contribution in [0.2, 0.25) is 0 Å². The van der Waals surface area contributed by atoms with Gasteiger partial charge in [-0.25, -0.2) is 0 Å². The Kier molecular flexibility index (Phi) is 13.4.